The number of carbonyl (C=O) groups excluding carboxylic acids is 10. The number of nitrogens with one attached hydrogen (secondary N) is 10. The van der Waals surface area contributed by atoms with Crippen LogP contribution in [0.4, 0.5) is 11.4 Å². The lowest BCUT2D eigenvalue weighted by molar-refractivity contribution is -0.144. The molecular weight excluding hydrogens is 1340 g/mol. The van der Waals surface area contributed by atoms with Gasteiger partial charge in [-0.2, -0.15) is 0 Å². The fraction of sp³-hybridized carbons (Fsp3) is 0.444. The maximum Gasteiger partial charge on any atom is 0.326 e. The maximum absolute atomic E-state index is 14.9. The average molecular weight is 1430 g/mol. The van der Waals surface area contributed by atoms with Gasteiger partial charge in [0, 0.05) is 101 Å². The number of likely N-dealkylation sites (N-methyl/N-ethyl adjacent to an activating group) is 2. The Balaban J connectivity index is 0.993. The van der Waals surface area contributed by atoms with Gasteiger partial charge in [-0.1, -0.05) is 109 Å². The van der Waals surface area contributed by atoms with Crippen molar-refractivity contribution >= 4 is 82.4 Å². The summed E-state index contributed by atoms with van der Waals surface area (Å²) >= 11 is 0. The van der Waals surface area contributed by atoms with E-state index in [9.17, 15) is 67.7 Å². The summed E-state index contributed by atoms with van der Waals surface area (Å²) in [5, 5.41) is 66.1. The largest absolute Gasteiger partial charge is 0.480 e. The number of rotatable bonds is 15. The van der Waals surface area contributed by atoms with Crippen LogP contribution in [0.2, 0.25) is 0 Å². The van der Waals surface area contributed by atoms with Crippen molar-refractivity contribution in [1.82, 2.24) is 82.3 Å². The van der Waals surface area contributed by atoms with Crippen LogP contribution in [0.25, 0.3) is 0 Å². The second kappa shape index (κ2) is 35.5. The van der Waals surface area contributed by atoms with Crippen molar-refractivity contribution in [2.75, 3.05) is 37.8 Å². The molecule has 6 aromatic rings. The zero-order chi connectivity index (χ0) is 74.9. The molecule has 2 fully saturated rings. The van der Waals surface area contributed by atoms with Crippen LogP contribution >= 0.6 is 0 Å². The highest BCUT2D eigenvalue weighted by atomic mass is 16.4. The molecule has 32 nitrogen and oxygen atoms in total. The smallest absolute Gasteiger partial charge is 0.326 e. The number of likely N-dealkylation sites (tertiary alicyclic amines) is 2. The number of anilines is 2. The number of aryl methyl sites for hydroxylation is 2. The Hall–Kier alpha value is -11.3. The van der Waals surface area contributed by atoms with Crippen LogP contribution in [-0.4, -0.2) is 209 Å². The van der Waals surface area contributed by atoms with Gasteiger partial charge >= 0.3 is 11.9 Å². The lowest BCUT2D eigenvalue weighted by Gasteiger charge is -2.31. The summed E-state index contributed by atoms with van der Waals surface area (Å²) in [4.78, 5) is 170. The van der Waals surface area contributed by atoms with E-state index in [4.69, 9.17) is 0 Å². The standard InChI is InChI=1S/C72H90N18O14/c1-40(2)62(82-64(94)42(4)74-7)70(100)88-39-53-35-59(88)68(98)79-55(31-45-16-12-9-13-17-45)66(96)81-57(72(103)104)33-47-20-24-48(25-21-47)76-60(91)28-26-50-36-89(85-83-50)52-34-58(87(38-52)69(99)43(5)75-63(93)41(3)73-6)67(97)78-54(30-44-14-10-8-11-15-44)65(95)80-56(71(101)102)32-46-18-22-49(23-19-46)77-61(92)29-27-51-37-90(53)86-84-51/h8-25,36-37,40-43,52-59,62,73-74H,26-35,38-39H2,1-7H3,(H,75,93)(H,76,91)(H,77,92)(H,78,97)(H,79,98)(H,80,95)(H,81,96)(H,82,94)(H,101,102)(H,103,104)/t41-,42-,43-,52-,53-,54-,55-,56-,57-,58-,59-,62-/m0/s1. The number of nitrogens with zero attached hydrogens (tertiary/aromatic N) is 8. The molecular formula is C72H90N18O14. The Bertz CT molecular complexity index is 4060. The van der Waals surface area contributed by atoms with Crippen LogP contribution in [0.15, 0.2) is 122 Å². The summed E-state index contributed by atoms with van der Waals surface area (Å²) in [6.07, 6.45) is 2.49. The molecule has 12 rings (SSSR count). The summed E-state index contributed by atoms with van der Waals surface area (Å²) < 4.78 is 2.96. The Kier molecular flexibility index (Phi) is 26.3. The molecule has 12 N–H and O–H groups in total. The zero-order valence-electron chi connectivity index (χ0n) is 58.9. The van der Waals surface area contributed by atoms with E-state index in [0.717, 1.165) is 0 Å². The Morgan fingerprint density at radius 3 is 1.27 bits per heavy atom. The van der Waals surface area contributed by atoms with Crippen LogP contribution in [0.3, 0.4) is 0 Å². The molecule has 0 radical (unpaired) electrons. The molecule has 10 amide bonds. The van der Waals surface area contributed by atoms with E-state index in [2.05, 4.69) is 73.8 Å². The van der Waals surface area contributed by atoms with E-state index in [1.54, 1.807) is 163 Å². The van der Waals surface area contributed by atoms with Crippen molar-refractivity contribution in [1.29, 1.82) is 0 Å². The van der Waals surface area contributed by atoms with Gasteiger partial charge in [0.2, 0.25) is 59.1 Å². The van der Waals surface area contributed by atoms with E-state index >= 15 is 0 Å². The molecule has 0 aliphatic carbocycles. The number of aromatic nitrogens is 6. The summed E-state index contributed by atoms with van der Waals surface area (Å²) in [6, 6.07) is 16.8. The summed E-state index contributed by atoms with van der Waals surface area (Å²) in [5.41, 5.74) is 3.65. The molecule has 2 aromatic heterocycles. The number of hydrogen-bond donors (Lipinski definition) is 12. The number of amides is 10. The predicted molar refractivity (Wildman–Crippen MR) is 377 cm³/mol. The van der Waals surface area contributed by atoms with Gasteiger partial charge in [0.25, 0.3) is 0 Å². The van der Waals surface area contributed by atoms with Gasteiger partial charge in [-0.25, -0.2) is 19.0 Å². The number of carbonyl (C=O) groups is 12. The van der Waals surface area contributed by atoms with E-state index in [-0.39, 0.29) is 77.3 Å². The highest BCUT2D eigenvalue weighted by Gasteiger charge is 2.47. The van der Waals surface area contributed by atoms with Crippen molar-refractivity contribution in [3.63, 3.8) is 0 Å². The second-order valence-electron chi connectivity index (χ2n) is 26.9. The van der Waals surface area contributed by atoms with Gasteiger partial charge in [-0.15, -0.1) is 10.2 Å². The van der Waals surface area contributed by atoms with E-state index < -0.39 is 149 Å². The van der Waals surface area contributed by atoms with Crippen LogP contribution < -0.4 is 53.2 Å². The minimum Gasteiger partial charge on any atom is -0.480 e. The second-order valence-corrected chi connectivity index (χ2v) is 26.9. The van der Waals surface area contributed by atoms with Gasteiger partial charge in [0.05, 0.1) is 35.6 Å². The van der Waals surface area contributed by atoms with Crippen molar-refractivity contribution in [3.05, 3.63) is 155 Å². The first-order chi connectivity index (χ1) is 49.7. The van der Waals surface area contributed by atoms with E-state index in [1.165, 1.54) is 26.1 Å². The number of benzene rings is 4. The van der Waals surface area contributed by atoms with Gasteiger partial charge in [-0.3, -0.25) is 47.9 Å². The van der Waals surface area contributed by atoms with Crippen LogP contribution in [0.5, 0.6) is 0 Å². The molecule has 12 bridgehead atoms. The molecule has 12 atom stereocenters. The maximum atomic E-state index is 14.9. The van der Waals surface area contributed by atoms with E-state index in [1.807, 2.05) is 0 Å². The van der Waals surface area contributed by atoms with Crippen molar-refractivity contribution in [2.45, 2.75) is 171 Å². The molecule has 0 saturated carbocycles. The Morgan fingerprint density at radius 2 is 0.885 bits per heavy atom. The molecule has 8 heterocycles. The zero-order valence-corrected chi connectivity index (χ0v) is 58.9. The van der Waals surface area contributed by atoms with Crippen molar-refractivity contribution in [2.24, 2.45) is 5.92 Å². The van der Waals surface area contributed by atoms with Gasteiger partial charge in [0.15, 0.2) is 0 Å². The molecule has 2 saturated heterocycles. The fourth-order valence-electron chi connectivity index (χ4n) is 12.5. The molecule has 104 heavy (non-hydrogen) atoms. The van der Waals surface area contributed by atoms with Crippen LogP contribution in [-0.2, 0) is 96.1 Å². The summed E-state index contributed by atoms with van der Waals surface area (Å²) in [5.74, 6) is -9.40. The van der Waals surface area contributed by atoms with Crippen LogP contribution in [0, 0.1) is 5.92 Å². The number of hydrogen-bond acceptors (Lipinski definition) is 18. The summed E-state index contributed by atoms with van der Waals surface area (Å²) in [6.45, 7) is 8.01. The molecule has 0 unspecified atom stereocenters. The Morgan fingerprint density at radius 1 is 0.490 bits per heavy atom. The molecule has 6 aliphatic heterocycles. The summed E-state index contributed by atoms with van der Waals surface area (Å²) in [7, 11) is 3.17. The Labute approximate surface area is 600 Å². The van der Waals surface area contributed by atoms with E-state index in [0.29, 0.717) is 45.0 Å². The normalized spacial score (nSPS) is 22.3. The first kappa shape index (κ1) is 76.9. The molecule has 4 aromatic carbocycles. The first-order valence-electron chi connectivity index (χ1n) is 34.6. The number of carboxylic acid groups (broad SMARTS) is 2. The molecule has 0 spiro atoms. The van der Waals surface area contributed by atoms with Gasteiger partial charge < -0.3 is 73.2 Å². The third kappa shape index (κ3) is 20.5. The predicted octanol–water partition coefficient (Wildman–Crippen LogP) is 0.550. The number of aliphatic carboxylic acids is 2. The first-order valence-corrected chi connectivity index (χ1v) is 34.6. The lowest BCUT2D eigenvalue weighted by atomic mass is 10.0. The van der Waals surface area contributed by atoms with Gasteiger partial charge in [0.1, 0.15) is 48.3 Å². The lowest BCUT2D eigenvalue weighted by Crippen LogP contribution is -2.59. The van der Waals surface area contributed by atoms with Crippen molar-refractivity contribution in [3.8, 4) is 0 Å². The quantitative estimate of drug-likeness (QED) is 0.0668. The third-order valence-electron chi connectivity index (χ3n) is 18.8. The minimum absolute atomic E-state index is 0.0428. The third-order valence-corrected chi connectivity index (χ3v) is 18.8. The van der Waals surface area contributed by atoms with Gasteiger partial charge in [-0.05, 0) is 87.3 Å². The number of carboxylic acids is 2. The average Bonchev–Trinajstić information content (AvgIpc) is 1.64. The minimum atomic E-state index is -1.52. The highest BCUT2D eigenvalue weighted by Crippen LogP contribution is 2.31. The molecule has 552 valence electrons. The van der Waals surface area contributed by atoms with Crippen LogP contribution in [0.1, 0.15) is 106 Å². The monoisotopic (exact) mass is 1430 g/mol. The highest BCUT2D eigenvalue weighted by molar-refractivity contribution is 5.98. The fourth-order valence-corrected chi connectivity index (χ4v) is 12.5. The topological polar surface area (TPSA) is 433 Å². The molecule has 32 heteroatoms. The SMILES string of the molecule is CN[C@@H](C)C(=O)N[C@@H](C)C(=O)N1C[C@@H]2C[C@H]1C(=O)N[C@@H](Cc1ccccc1)C(=O)N[C@H](C(=O)O)Cc1ccc(cc1)NC(=O)CCc1cn(nn1)[C@H]1C[C@@H](C(=O)N[C@@H](Cc3ccccc3)C(=O)N[C@H](C(=O)O)Cc3ccc(cc3)NC(=O)CCc3cn2nn3)N(C(=O)[C@@H](NC(=O)[C@H](C)NC)C(C)C)C1. The van der Waals surface area contributed by atoms with Crippen molar-refractivity contribution < 1.29 is 67.7 Å². The molecule has 6 aliphatic rings.